The van der Waals surface area contributed by atoms with Gasteiger partial charge in [-0.3, -0.25) is 4.79 Å². The predicted molar refractivity (Wildman–Crippen MR) is 82.7 cm³/mol. The highest BCUT2D eigenvalue weighted by Gasteiger charge is 2.30. The van der Waals surface area contributed by atoms with Gasteiger partial charge in [-0.15, -0.1) is 25.6 Å². The molecule has 9 heteroatoms. The molecule has 2 rings (SSSR count). The Morgan fingerprint density at radius 1 is 1.36 bits per heavy atom. The molecule has 1 aromatic carbocycles. The number of alkyl halides is 3. The first-order valence-electron chi connectivity index (χ1n) is 6.39. The van der Waals surface area contributed by atoms with Crippen molar-refractivity contribution in [3.8, 4) is 5.75 Å². The van der Waals surface area contributed by atoms with Gasteiger partial charge in [-0.1, -0.05) is 0 Å². The normalized spacial score (nSPS) is 18.2. The molecule has 0 aromatic heterocycles. The number of carbonyl (C=O) groups excluding carboxylic acids is 1. The van der Waals surface area contributed by atoms with E-state index in [0.717, 1.165) is 30.2 Å². The second-order valence-corrected chi connectivity index (χ2v) is 5.70. The van der Waals surface area contributed by atoms with Gasteiger partial charge in [-0.2, -0.15) is 11.8 Å². The lowest BCUT2D eigenvalue weighted by Gasteiger charge is -2.22. The number of hydrogen-bond donors (Lipinski definition) is 2. The van der Waals surface area contributed by atoms with Crippen molar-refractivity contribution >= 4 is 35.8 Å². The number of halogens is 4. The Morgan fingerprint density at radius 3 is 2.59 bits per heavy atom. The fraction of sp³-hybridized carbons (Fsp3) is 0.462. The van der Waals surface area contributed by atoms with Gasteiger partial charge in [0.05, 0.1) is 0 Å². The van der Waals surface area contributed by atoms with Crippen LogP contribution in [0.4, 0.5) is 18.9 Å². The van der Waals surface area contributed by atoms with Crippen LogP contribution in [0.1, 0.15) is 6.42 Å². The number of anilines is 1. The first kappa shape index (κ1) is 18.9. The molecule has 1 heterocycles. The van der Waals surface area contributed by atoms with E-state index in [1.54, 1.807) is 11.8 Å². The van der Waals surface area contributed by atoms with Gasteiger partial charge in [-0.25, -0.2) is 0 Å². The summed E-state index contributed by atoms with van der Waals surface area (Å²) in [6.07, 6.45) is -4.37. The zero-order valence-electron chi connectivity index (χ0n) is 11.5. The molecular formula is C13H16ClF3N2O2S. The molecule has 1 aliphatic rings. The number of amides is 1. The number of carbonyl (C=O) groups is 1. The Labute approximate surface area is 136 Å². The maximum atomic E-state index is 12.0. The van der Waals surface area contributed by atoms with Gasteiger partial charge in [0.25, 0.3) is 0 Å². The summed E-state index contributed by atoms with van der Waals surface area (Å²) in [4.78, 5) is 11.8. The van der Waals surface area contributed by atoms with Crippen molar-refractivity contribution in [1.82, 2.24) is 5.32 Å². The predicted octanol–water partition coefficient (Wildman–Crippen LogP) is 3.04. The summed E-state index contributed by atoms with van der Waals surface area (Å²) < 4.78 is 39.8. The number of rotatable bonds is 4. The van der Waals surface area contributed by atoms with Gasteiger partial charge in [0.2, 0.25) is 5.91 Å². The third-order valence-corrected chi connectivity index (χ3v) is 3.93. The average Bonchev–Trinajstić information content (AvgIpc) is 2.40. The van der Waals surface area contributed by atoms with Crippen LogP contribution in [-0.2, 0) is 4.79 Å². The van der Waals surface area contributed by atoms with E-state index in [9.17, 15) is 18.0 Å². The Morgan fingerprint density at radius 2 is 2.05 bits per heavy atom. The van der Waals surface area contributed by atoms with E-state index in [4.69, 9.17) is 0 Å². The molecule has 0 saturated carbocycles. The van der Waals surface area contributed by atoms with E-state index in [2.05, 4.69) is 15.4 Å². The summed E-state index contributed by atoms with van der Waals surface area (Å²) in [5.41, 5.74) is 0.443. The standard InChI is InChI=1S/C13H15F3N2O2S.ClH/c14-13(15,16)20-11-3-1-9(2-4-11)18-12(19)7-10-8-21-6-5-17-10;/h1-4,10,17H,5-8H2,(H,18,19);1H. The summed E-state index contributed by atoms with van der Waals surface area (Å²) in [6, 6.07) is 5.22. The van der Waals surface area contributed by atoms with Gasteiger partial charge in [0, 0.05) is 36.2 Å². The van der Waals surface area contributed by atoms with E-state index < -0.39 is 6.36 Å². The molecule has 1 aromatic rings. The van der Waals surface area contributed by atoms with Crippen LogP contribution in [0, 0.1) is 0 Å². The van der Waals surface area contributed by atoms with Gasteiger partial charge >= 0.3 is 6.36 Å². The minimum Gasteiger partial charge on any atom is -0.406 e. The molecule has 1 unspecified atom stereocenters. The number of thioether (sulfide) groups is 1. The Bertz CT molecular complexity index is 479. The van der Waals surface area contributed by atoms with Crippen LogP contribution < -0.4 is 15.4 Å². The Hall–Kier alpha value is -1.12. The van der Waals surface area contributed by atoms with Crippen LogP contribution in [0.15, 0.2) is 24.3 Å². The van der Waals surface area contributed by atoms with Crippen LogP contribution in [0.25, 0.3) is 0 Å². The molecule has 4 nitrogen and oxygen atoms in total. The van der Waals surface area contributed by atoms with Crippen molar-refractivity contribution < 1.29 is 22.7 Å². The topological polar surface area (TPSA) is 50.4 Å². The third-order valence-electron chi connectivity index (χ3n) is 2.80. The molecule has 2 N–H and O–H groups in total. The second kappa shape index (κ2) is 8.50. The van der Waals surface area contributed by atoms with Crippen molar-refractivity contribution in [3.05, 3.63) is 24.3 Å². The maximum Gasteiger partial charge on any atom is 0.573 e. The molecule has 0 radical (unpaired) electrons. The van der Waals surface area contributed by atoms with E-state index in [1.165, 1.54) is 12.1 Å². The molecule has 1 fully saturated rings. The fourth-order valence-electron chi connectivity index (χ4n) is 1.93. The SMILES string of the molecule is Cl.O=C(CC1CSCCN1)Nc1ccc(OC(F)(F)F)cc1. The van der Waals surface area contributed by atoms with Gasteiger partial charge < -0.3 is 15.4 Å². The summed E-state index contributed by atoms with van der Waals surface area (Å²) in [5, 5.41) is 5.90. The van der Waals surface area contributed by atoms with Crippen molar-refractivity contribution in [3.63, 3.8) is 0 Å². The monoisotopic (exact) mass is 356 g/mol. The Kier molecular flexibility index (Phi) is 7.31. The first-order valence-corrected chi connectivity index (χ1v) is 7.55. The van der Waals surface area contributed by atoms with Crippen molar-refractivity contribution in [2.24, 2.45) is 0 Å². The van der Waals surface area contributed by atoms with Crippen LogP contribution in [-0.4, -0.2) is 36.4 Å². The summed E-state index contributed by atoms with van der Waals surface area (Å²) >= 11 is 1.79. The maximum absolute atomic E-state index is 12.0. The minimum absolute atomic E-state index is 0. The number of benzene rings is 1. The summed E-state index contributed by atoms with van der Waals surface area (Å²) in [7, 11) is 0. The van der Waals surface area contributed by atoms with Crippen LogP contribution in [0.3, 0.4) is 0 Å². The molecular weight excluding hydrogens is 341 g/mol. The fourth-order valence-corrected chi connectivity index (χ4v) is 2.88. The highest BCUT2D eigenvalue weighted by molar-refractivity contribution is 7.99. The van der Waals surface area contributed by atoms with Crippen LogP contribution in [0.2, 0.25) is 0 Å². The lowest BCUT2D eigenvalue weighted by atomic mass is 10.2. The number of nitrogens with one attached hydrogen (secondary N) is 2. The average molecular weight is 357 g/mol. The number of ether oxygens (including phenoxy) is 1. The van der Waals surface area contributed by atoms with E-state index in [1.807, 2.05) is 0 Å². The van der Waals surface area contributed by atoms with Gasteiger partial charge in [0.15, 0.2) is 0 Å². The second-order valence-electron chi connectivity index (χ2n) is 4.55. The molecule has 1 atom stereocenters. The summed E-state index contributed by atoms with van der Waals surface area (Å²) in [5.74, 6) is 1.44. The van der Waals surface area contributed by atoms with E-state index in [0.29, 0.717) is 12.1 Å². The molecule has 0 bridgehead atoms. The van der Waals surface area contributed by atoms with Crippen molar-refractivity contribution in [1.29, 1.82) is 0 Å². The zero-order chi connectivity index (χ0) is 15.3. The lowest BCUT2D eigenvalue weighted by molar-refractivity contribution is -0.274. The highest BCUT2D eigenvalue weighted by atomic mass is 35.5. The highest BCUT2D eigenvalue weighted by Crippen LogP contribution is 2.24. The Balaban J connectivity index is 0.00000242. The van der Waals surface area contributed by atoms with Crippen LogP contribution >= 0.6 is 24.2 Å². The lowest BCUT2D eigenvalue weighted by Crippen LogP contribution is -2.39. The van der Waals surface area contributed by atoms with Crippen molar-refractivity contribution in [2.75, 3.05) is 23.4 Å². The molecule has 1 aliphatic heterocycles. The van der Waals surface area contributed by atoms with Crippen molar-refractivity contribution in [2.45, 2.75) is 18.8 Å². The van der Waals surface area contributed by atoms with Crippen LogP contribution in [0.5, 0.6) is 5.75 Å². The zero-order valence-corrected chi connectivity index (χ0v) is 13.1. The van der Waals surface area contributed by atoms with E-state index >= 15 is 0 Å². The molecule has 1 saturated heterocycles. The molecule has 0 aliphatic carbocycles. The van der Waals surface area contributed by atoms with Gasteiger partial charge in [-0.05, 0) is 24.3 Å². The first-order chi connectivity index (χ1) is 9.92. The van der Waals surface area contributed by atoms with Gasteiger partial charge in [0.1, 0.15) is 5.75 Å². The quantitative estimate of drug-likeness (QED) is 0.870. The largest absolute Gasteiger partial charge is 0.573 e. The molecule has 0 spiro atoms. The molecule has 22 heavy (non-hydrogen) atoms. The molecule has 1 amide bonds. The molecule has 124 valence electrons. The number of hydrogen-bond acceptors (Lipinski definition) is 4. The smallest absolute Gasteiger partial charge is 0.406 e. The third kappa shape index (κ3) is 6.76. The van der Waals surface area contributed by atoms with E-state index in [-0.39, 0.29) is 30.1 Å². The summed E-state index contributed by atoms with van der Waals surface area (Å²) in [6.45, 7) is 0.881. The minimum atomic E-state index is -4.71.